The van der Waals surface area contributed by atoms with E-state index >= 15 is 0 Å². The van der Waals surface area contributed by atoms with Crippen LogP contribution < -0.4 is 16.4 Å². The standard InChI is InChI=1S/C17H15ClFN5/c1-10-7-13(5-6-15(10)20)23-17-21-9-14(19)16(24-17)22-12-4-2-3-11(18)8-12/h2-9H,20H2,1H3,(H2,21,22,23,24). The van der Waals surface area contributed by atoms with Crippen LogP contribution in [-0.2, 0) is 0 Å². The summed E-state index contributed by atoms with van der Waals surface area (Å²) in [6.45, 7) is 1.90. The van der Waals surface area contributed by atoms with Crippen LogP contribution >= 0.6 is 11.6 Å². The molecule has 122 valence electrons. The van der Waals surface area contributed by atoms with Crippen LogP contribution in [0.15, 0.2) is 48.7 Å². The molecule has 0 fully saturated rings. The lowest BCUT2D eigenvalue weighted by molar-refractivity contribution is 0.619. The van der Waals surface area contributed by atoms with E-state index in [1.807, 2.05) is 13.0 Å². The fourth-order valence-corrected chi connectivity index (χ4v) is 2.29. The van der Waals surface area contributed by atoms with Crippen LogP contribution in [-0.4, -0.2) is 9.97 Å². The van der Waals surface area contributed by atoms with E-state index in [4.69, 9.17) is 17.3 Å². The van der Waals surface area contributed by atoms with Gasteiger partial charge in [0.2, 0.25) is 5.95 Å². The highest BCUT2D eigenvalue weighted by molar-refractivity contribution is 6.30. The van der Waals surface area contributed by atoms with Gasteiger partial charge in [-0.3, -0.25) is 0 Å². The summed E-state index contributed by atoms with van der Waals surface area (Å²) in [5.41, 5.74) is 8.82. The molecule has 1 heterocycles. The smallest absolute Gasteiger partial charge is 0.229 e. The molecule has 0 saturated heterocycles. The van der Waals surface area contributed by atoms with Gasteiger partial charge in [-0.2, -0.15) is 4.98 Å². The molecule has 0 unspecified atom stereocenters. The largest absolute Gasteiger partial charge is 0.399 e. The number of nitrogen functional groups attached to an aromatic ring is 1. The Kier molecular flexibility index (Phi) is 4.48. The van der Waals surface area contributed by atoms with E-state index in [0.29, 0.717) is 16.4 Å². The zero-order valence-electron chi connectivity index (χ0n) is 12.8. The van der Waals surface area contributed by atoms with Crippen LogP contribution in [0.1, 0.15) is 5.56 Å². The van der Waals surface area contributed by atoms with E-state index in [1.54, 1.807) is 36.4 Å². The minimum Gasteiger partial charge on any atom is -0.399 e. The van der Waals surface area contributed by atoms with Crippen molar-refractivity contribution >= 4 is 40.4 Å². The molecule has 24 heavy (non-hydrogen) atoms. The fourth-order valence-electron chi connectivity index (χ4n) is 2.10. The number of aryl methyl sites for hydroxylation is 1. The van der Waals surface area contributed by atoms with E-state index in [9.17, 15) is 4.39 Å². The maximum Gasteiger partial charge on any atom is 0.229 e. The Labute approximate surface area is 143 Å². The van der Waals surface area contributed by atoms with Crippen molar-refractivity contribution in [2.75, 3.05) is 16.4 Å². The number of benzene rings is 2. The van der Waals surface area contributed by atoms with Gasteiger partial charge in [-0.25, -0.2) is 9.37 Å². The van der Waals surface area contributed by atoms with E-state index in [-0.39, 0.29) is 11.8 Å². The predicted octanol–water partition coefficient (Wildman–Crippen LogP) is 4.65. The first-order valence-corrected chi connectivity index (χ1v) is 7.57. The Morgan fingerprint density at radius 1 is 1.08 bits per heavy atom. The second-order valence-electron chi connectivity index (χ2n) is 5.22. The van der Waals surface area contributed by atoms with Crippen molar-refractivity contribution in [2.45, 2.75) is 6.92 Å². The van der Waals surface area contributed by atoms with Crippen molar-refractivity contribution in [2.24, 2.45) is 0 Å². The van der Waals surface area contributed by atoms with E-state index in [0.717, 1.165) is 17.4 Å². The van der Waals surface area contributed by atoms with Gasteiger partial charge >= 0.3 is 0 Å². The molecule has 0 saturated carbocycles. The summed E-state index contributed by atoms with van der Waals surface area (Å²) in [5.74, 6) is -0.235. The molecular formula is C17H15ClFN5. The molecule has 7 heteroatoms. The normalized spacial score (nSPS) is 10.5. The van der Waals surface area contributed by atoms with Gasteiger partial charge in [-0.15, -0.1) is 0 Å². The molecule has 1 aromatic heterocycles. The van der Waals surface area contributed by atoms with Crippen molar-refractivity contribution in [1.82, 2.24) is 9.97 Å². The fraction of sp³-hybridized carbons (Fsp3) is 0.0588. The summed E-state index contributed by atoms with van der Waals surface area (Å²) >= 11 is 5.93. The summed E-state index contributed by atoms with van der Waals surface area (Å²) in [7, 11) is 0. The van der Waals surface area contributed by atoms with Crippen molar-refractivity contribution in [3.63, 3.8) is 0 Å². The SMILES string of the molecule is Cc1cc(Nc2ncc(F)c(Nc3cccc(Cl)c3)n2)ccc1N. The number of hydrogen-bond acceptors (Lipinski definition) is 5. The summed E-state index contributed by atoms with van der Waals surface area (Å²) in [4.78, 5) is 8.11. The Balaban J connectivity index is 1.84. The number of aromatic nitrogens is 2. The molecule has 0 radical (unpaired) electrons. The molecule has 0 aliphatic heterocycles. The van der Waals surface area contributed by atoms with Gasteiger partial charge in [-0.1, -0.05) is 17.7 Å². The maximum atomic E-state index is 13.9. The average Bonchev–Trinajstić information content (AvgIpc) is 2.54. The van der Waals surface area contributed by atoms with Crippen LogP contribution in [0.3, 0.4) is 0 Å². The quantitative estimate of drug-likeness (QED) is 0.601. The Hall–Kier alpha value is -2.86. The first kappa shape index (κ1) is 16.0. The van der Waals surface area contributed by atoms with Gasteiger partial charge in [0.15, 0.2) is 11.6 Å². The zero-order valence-corrected chi connectivity index (χ0v) is 13.6. The molecule has 5 nitrogen and oxygen atoms in total. The van der Waals surface area contributed by atoms with Crippen molar-refractivity contribution in [3.8, 4) is 0 Å². The van der Waals surface area contributed by atoms with E-state index in [2.05, 4.69) is 20.6 Å². The minimum atomic E-state index is -0.561. The lowest BCUT2D eigenvalue weighted by atomic mass is 10.2. The van der Waals surface area contributed by atoms with Gasteiger partial charge in [0.1, 0.15) is 0 Å². The highest BCUT2D eigenvalue weighted by atomic mass is 35.5. The number of rotatable bonds is 4. The van der Waals surface area contributed by atoms with Gasteiger partial charge in [0.25, 0.3) is 0 Å². The van der Waals surface area contributed by atoms with Crippen molar-refractivity contribution < 1.29 is 4.39 Å². The summed E-state index contributed by atoms with van der Waals surface area (Å²) < 4.78 is 13.9. The van der Waals surface area contributed by atoms with Gasteiger partial charge in [0.05, 0.1) is 6.20 Å². The average molecular weight is 344 g/mol. The van der Waals surface area contributed by atoms with Gasteiger partial charge < -0.3 is 16.4 Å². The number of halogens is 2. The third-order valence-electron chi connectivity index (χ3n) is 3.36. The molecule has 0 atom stereocenters. The number of nitrogens with one attached hydrogen (secondary N) is 2. The molecule has 0 amide bonds. The third kappa shape index (κ3) is 3.72. The monoisotopic (exact) mass is 343 g/mol. The first-order chi connectivity index (χ1) is 11.5. The number of anilines is 5. The van der Waals surface area contributed by atoms with E-state index in [1.165, 1.54) is 0 Å². The zero-order chi connectivity index (χ0) is 17.1. The third-order valence-corrected chi connectivity index (χ3v) is 3.59. The lowest BCUT2D eigenvalue weighted by Crippen LogP contribution is -2.03. The van der Waals surface area contributed by atoms with Crippen molar-refractivity contribution in [3.05, 3.63) is 65.1 Å². The first-order valence-electron chi connectivity index (χ1n) is 7.19. The molecular weight excluding hydrogens is 329 g/mol. The van der Waals surface area contributed by atoms with Crippen molar-refractivity contribution in [1.29, 1.82) is 0 Å². The second-order valence-corrected chi connectivity index (χ2v) is 5.66. The second kappa shape index (κ2) is 6.72. The molecule has 0 bridgehead atoms. The molecule has 0 spiro atoms. The Morgan fingerprint density at radius 2 is 1.88 bits per heavy atom. The van der Waals surface area contributed by atoms with Gasteiger partial charge in [0, 0.05) is 22.1 Å². The molecule has 0 aliphatic rings. The van der Waals surface area contributed by atoms with Gasteiger partial charge in [-0.05, 0) is 48.9 Å². The maximum absolute atomic E-state index is 13.9. The molecule has 0 aliphatic carbocycles. The Bertz CT molecular complexity index is 885. The topological polar surface area (TPSA) is 75.9 Å². The lowest BCUT2D eigenvalue weighted by Gasteiger charge is -2.10. The summed E-state index contributed by atoms with van der Waals surface area (Å²) in [6, 6.07) is 12.4. The number of nitrogens with zero attached hydrogens (tertiary/aromatic N) is 2. The Morgan fingerprint density at radius 3 is 2.62 bits per heavy atom. The molecule has 3 aromatic rings. The van der Waals surface area contributed by atoms with Crippen LogP contribution in [0.5, 0.6) is 0 Å². The van der Waals surface area contributed by atoms with E-state index < -0.39 is 5.82 Å². The molecule has 4 N–H and O–H groups in total. The minimum absolute atomic E-state index is 0.0573. The van der Waals surface area contributed by atoms with Crippen LogP contribution in [0, 0.1) is 12.7 Å². The van der Waals surface area contributed by atoms with Crippen LogP contribution in [0.25, 0.3) is 0 Å². The molecule has 3 rings (SSSR count). The predicted molar refractivity (Wildman–Crippen MR) is 95.6 cm³/mol. The molecule has 2 aromatic carbocycles. The van der Waals surface area contributed by atoms with Crippen LogP contribution in [0.2, 0.25) is 5.02 Å². The number of hydrogen-bond donors (Lipinski definition) is 3. The highest BCUT2D eigenvalue weighted by Crippen LogP contribution is 2.23. The summed E-state index contributed by atoms with van der Waals surface area (Å²) in [6.07, 6.45) is 1.10. The summed E-state index contributed by atoms with van der Waals surface area (Å²) in [5, 5.41) is 6.46. The van der Waals surface area contributed by atoms with Crippen LogP contribution in [0.4, 0.5) is 33.2 Å². The number of nitrogens with two attached hydrogens (primary N) is 1. The highest BCUT2D eigenvalue weighted by Gasteiger charge is 2.08.